The monoisotopic (exact) mass is 400 g/mol. The van der Waals surface area contributed by atoms with Crippen molar-refractivity contribution >= 4 is 5.91 Å². The van der Waals surface area contributed by atoms with Crippen molar-refractivity contribution in [3.05, 3.63) is 71.3 Å². The molecular formula is C24H30F2N2O. The maximum atomic E-state index is 13.9. The maximum absolute atomic E-state index is 13.9. The molecule has 1 heterocycles. The first kappa shape index (κ1) is 21.4. The highest BCUT2D eigenvalue weighted by Gasteiger charge is 2.24. The first-order valence-electron chi connectivity index (χ1n) is 10.6. The Balaban J connectivity index is 1.44. The number of benzene rings is 2. The summed E-state index contributed by atoms with van der Waals surface area (Å²) in [6, 6.07) is 14.2. The molecule has 1 fully saturated rings. The number of halogens is 2. The van der Waals surface area contributed by atoms with Gasteiger partial charge in [-0.05, 0) is 49.3 Å². The SMILES string of the molecule is CCC(Cc1ccc(F)cc1F)C(=O)NC1CCN(CCc2ccccc2)CC1. The zero-order chi connectivity index (χ0) is 20.6. The Morgan fingerprint density at radius 1 is 1.14 bits per heavy atom. The Bertz CT molecular complexity index is 789. The van der Waals surface area contributed by atoms with Crippen molar-refractivity contribution in [2.45, 2.75) is 45.1 Å². The van der Waals surface area contributed by atoms with Crippen LogP contribution in [0.3, 0.4) is 0 Å². The molecule has 1 aliphatic heterocycles. The van der Waals surface area contributed by atoms with Crippen LogP contribution in [-0.4, -0.2) is 36.5 Å². The van der Waals surface area contributed by atoms with Crippen molar-refractivity contribution in [3.8, 4) is 0 Å². The van der Waals surface area contributed by atoms with Gasteiger partial charge in [-0.3, -0.25) is 4.79 Å². The van der Waals surface area contributed by atoms with Gasteiger partial charge < -0.3 is 10.2 Å². The molecule has 156 valence electrons. The van der Waals surface area contributed by atoms with Crippen molar-refractivity contribution in [1.29, 1.82) is 0 Å². The van der Waals surface area contributed by atoms with Crippen LogP contribution in [0.25, 0.3) is 0 Å². The summed E-state index contributed by atoms with van der Waals surface area (Å²) in [5, 5.41) is 3.15. The quantitative estimate of drug-likeness (QED) is 0.714. The lowest BCUT2D eigenvalue weighted by Gasteiger charge is -2.33. The van der Waals surface area contributed by atoms with Gasteiger partial charge >= 0.3 is 0 Å². The van der Waals surface area contributed by atoms with Crippen molar-refractivity contribution in [2.24, 2.45) is 5.92 Å². The first-order chi connectivity index (χ1) is 14.0. The lowest BCUT2D eigenvalue weighted by Crippen LogP contribution is -2.46. The standard InChI is InChI=1S/C24H30F2N2O/c1-2-19(16-20-8-9-21(25)17-23(20)26)24(29)27-22-11-14-28(15-12-22)13-10-18-6-4-3-5-7-18/h3-9,17,19,22H,2,10-16H2,1H3,(H,27,29). The second-order valence-corrected chi connectivity index (χ2v) is 7.91. The Morgan fingerprint density at radius 2 is 1.86 bits per heavy atom. The van der Waals surface area contributed by atoms with Crippen LogP contribution in [0.15, 0.2) is 48.5 Å². The van der Waals surface area contributed by atoms with Crippen LogP contribution in [0.4, 0.5) is 8.78 Å². The summed E-state index contributed by atoms with van der Waals surface area (Å²) in [6.07, 6.45) is 3.83. The average Bonchev–Trinajstić information content (AvgIpc) is 2.73. The van der Waals surface area contributed by atoms with Gasteiger partial charge in [-0.2, -0.15) is 0 Å². The first-order valence-corrected chi connectivity index (χ1v) is 10.6. The van der Waals surface area contributed by atoms with Gasteiger partial charge in [0.05, 0.1) is 0 Å². The number of piperidine rings is 1. The molecule has 29 heavy (non-hydrogen) atoms. The van der Waals surface area contributed by atoms with E-state index in [0.717, 1.165) is 45.0 Å². The van der Waals surface area contributed by atoms with E-state index in [-0.39, 0.29) is 17.9 Å². The minimum absolute atomic E-state index is 0.0287. The molecule has 0 aliphatic carbocycles. The number of carbonyl (C=O) groups excluding carboxylic acids is 1. The molecule has 1 aliphatic rings. The van der Waals surface area contributed by atoms with E-state index in [1.807, 2.05) is 13.0 Å². The molecule has 0 saturated carbocycles. The molecule has 0 bridgehead atoms. The third kappa shape index (κ3) is 6.36. The lowest BCUT2D eigenvalue weighted by molar-refractivity contribution is -0.126. The minimum Gasteiger partial charge on any atom is -0.353 e. The van der Waals surface area contributed by atoms with E-state index < -0.39 is 11.6 Å². The largest absolute Gasteiger partial charge is 0.353 e. The number of nitrogens with zero attached hydrogens (tertiary/aromatic N) is 1. The Hall–Kier alpha value is -2.27. The fraction of sp³-hybridized carbons (Fsp3) is 0.458. The Labute approximate surface area is 172 Å². The van der Waals surface area contributed by atoms with Gasteiger partial charge in [0.2, 0.25) is 5.91 Å². The predicted octanol–water partition coefficient (Wildman–Crippen LogP) is 4.36. The van der Waals surface area contributed by atoms with E-state index in [9.17, 15) is 13.6 Å². The second-order valence-electron chi connectivity index (χ2n) is 7.91. The van der Waals surface area contributed by atoms with Crippen molar-refractivity contribution < 1.29 is 13.6 Å². The molecular weight excluding hydrogens is 370 g/mol. The number of hydrogen-bond acceptors (Lipinski definition) is 2. The highest BCUT2D eigenvalue weighted by molar-refractivity contribution is 5.79. The normalized spacial score (nSPS) is 16.5. The van der Waals surface area contributed by atoms with Crippen molar-refractivity contribution in [1.82, 2.24) is 10.2 Å². The summed E-state index contributed by atoms with van der Waals surface area (Å²) < 4.78 is 27.0. The van der Waals surface area contributed by atoms with Gasteiger partial charge in [0.25, 0.3) is 0 Å². The third-order valence-corrected chi connectivity index (χ3v) is 5.84. The van der Waals surface area contributed by atoms with Crippen LogP contribution in [-0.2, 0) is 17.6 Å². The van der Waals surface area contributed by atoms with Gasteiger partial charge in [0, 0.05) is 37.7 Å². The molecule has 2 aromatic rings. The highest BCUT2D eigenvalue weighted by Crippen LogP contribution is 2.18. The Kier molecular flexibility index (Phi) is 7.76. The van der Waals surface area contributed by atoms with Crippen LogP contribution in [0, 0.1) is 17.6 Å². The number of amides is 1. The summed E-state index contributed by atoms with van der Waals surface area (Å²) in [7, 11) is 0. The molecule has 0 radical (unpaired) electrons. The molecule has 2 aromatic carbocycles. The summed E-state index contributed by atoms with van der Waals surface area (Å²) in [5.74, 6) is -1.50. The summed E-state index contributed by atoms with van der Waals surface area (Å²) in [4.78, 5) is 15.1. The van der Waals surface area contributed by atoms with Crippen molar-refractivity contribution in [2.75, 3.05) is 19.6 Å². The molecule has 3 nitrogen and oxygen atoms in total. The van der Waals surface area contributed by atoms with E-state index in [1.54, 1.807) is 0 Å². The van der Waals surface area contributed by atoms with Crippen LogP contribution in [0.2, 0.25) is 0 Å². The fourth-order valence-electron chi connectivity index (χ4n) is 3.93. The summed E-state index contributed by atoms with van der Waals surface area (Å²) in [6.45, 7) is 4.91. The van der Waals surface area contributed by atoms with Gasteiger partial charge in [-0.15, -0.1) is 0 Å². The molecule has 1 N–H and O–H groups in total. The zero-order valence-corrected chi connectivity index (χ0v) is 17.0. The highest BCUT2D eigenvalue weighted by atomic mass is 19.1. The average molecular weight is 401 g/mol. The van der Waals surface area contributed by atoms with Gasteiger partial charge in [-0.1, -0.05) is 43.3 Å². The van der Waals surface area contributed by atoms with E-state index in [0.29, 0.717) is 18.4 Å². The van der Waals surface area contributed by atoms with Gasteiger partial charge in [0.15, 0.2) is 0 Å². The Morgan fingerprint density at radius 3 is 2.52 bits per heavy atom. The molecule has 1 atom stereocenters. The molecule has 3 rings (SSSR count). The van der Waals surface area contributed by atoms with Crippen LogP contribution in [0.1, 0.15) is 37.3 Å². The van der Waals surface area contributed by atoms with Gasteiger partial charge in [0.1, 0.15) is 11.6 Å². The molecule has 1 unspecified atom stereocenters. The van der Waals surface area contributed by atoms with Crippen LogP contribution < -0.4 is 5.32 Å². The molecule has 5 heteroatoms. The fourth-order valence-corrected chi connectivity index (χ4v) is 3.93. The molecule has 1 saturated heterocycles. The maximum Gasteiger partial charge on any atom is 0.223 e. The number of hydrogen-bond donors (Lipinski definition) is 1. The molecule has 1 amide bonds. The van der Waals surface area contributed by atoms with Crippen molar-refractivity contribution in [3.63, 3.8) is 0 Å². The molecule has 0 aromatic heterocycles. The third-order valence-electron chi connectivity index (χ3n) is 5.84. The topological polar surface area (TPSA) is 32.3 Å². The smallest absolute Gasteiger partial charge is 0.223 e. The van der Waals surface area contributed by atoms with E-state index in [4.69, 9.17) is 0 Å². The van der Waals surface area contributed by atoms with Gasteiger partial charge in [-0.25, -0.2) is 8.78 Å². The number of carbonyl (C=O) groups is 1. The summed E-state index contributed by atoms with van der Waals surface area (Å²) >= 11 is 0. The minimum atomic E-state index is -0.595. The predicted molar refractivity (Wildman–Crippen MR) is 112 cm³/mol. The summed E-state index contributed by atoms with van der Waals surface area (Å²) in [5.41, 5.74) is 1.74. The van der Waals surface area contributed by atoms with Crippen LogP contribution in [0.5, 0.6) is 0 Å². The van der Waals surface area contributed by atoms with E-state index in [2.05, 4.69) is 34.5 Å². The number of rotatable bonds is 8. The number of nitrogens with one attached hydrogen (secondary N) is 1. The number of likely N-dealkylation sites (tertiary alicyclic amines) is 1. The van der Waals surface area contributed by atoms with Crippen LogP contribution >= 0.6 is 0 Å². The van der Waals surface area contributed by atoms with E-state index >= 15 is 0 Å². The molecule has 0 spiro atoms. The van der Waals surface area contributed by atoms with E-state index in [1.165, 1.54) is 17.7 Å². The zero-order valence-electron chi connectivity index (χ0n) is 17.0. The second kappa shape index (κ2) is 10.5. The lowest BCUT2D eigenvalue weighted by atomic mass is 9.94.